The van der Waals surface area contributed by atoms with E-state index in [1.165, 1.54) is 6.07 Å². The fourth-order valence-corrected chi connectivity index (χ4v) is 2.76. The number of allylic oxidation sites excluding steroid dienone is 1. The largest absolute Gasteiger partial charge is 0.509 e. The SMILES string of the molecule is CC(C)(C)OC(=O)N[C@H](Cc1ccccc1)/C(O)=C(\C#N)c1c(F)c(F)c(F)c(F)c1F. The Hall–Kier alpha value is -3.61. The number of nitrogens with zero attached hydrogens (tertiary/aromatic N) is 1. The van der Waals surface area contributed by atoms with Crippen LogP contribution >= 0.6 is 0 Å². The Labute approximate surface area is 180 Å². The predicted octanol–water partition coefficient (Wildman–Crippen LogP) is 5.31. The van der Waals surface area contributed by atoms with Crippen LogP contribution in [0.2, 0.25) is 0 Å². The van der Waals surface area contributed by atoms with E-state index < -0.39 is 63.7 Å². The Morgan fingerprint density at radius 1 is 1.03 bits per heavy atom. The summed E-state index contributed by atoms with van der Waals surface area (Å²) in [5, 5.41) is 22.3. The zero-order valence-electron chi connectivity index (χ0n) is 17.3. The van der Waals surface area contributed by atoms with Gasteiger partial charge in [0.2, 0.25) is 5.82 Å². The maximum atomic E-state index is 14.2. The molecule has 1 atom stereocenters. The van der Waals surface area contributed by atoms with Gasteiger partial charge in [0.05, 0.1) is 11.6 Å². The molecule has 32 heavy (non-hydrogen) atoms. The summed E-state index contributed by atoms with van der Waals surface area (Å²) in [7, 11) is 0. The highest BCUT2D eigenvalue weighted by Crippen LogP contribution is 2.30. The molecule has 0 heterocycles. The summed E-state index contributed by atoms with van der Waals surface area (Å²) >= 11 is 0. The van der Waals surface area contributed by atoms with Crippen molar-refractivity contribution in [3.63, 3.8) is 0 Å². The molecule has 5 nitrogen and oxygen atoms in total. The van der Waals surface area contributed by atoms with Crippen LogP contribution in [0.4, 0.5) is 26.7 Å². The van der Waals surface area contributed by atoms with E-state index in [9.17, 15) is 37.1 Å². The van der Waals surface area contributed by atoms with Crippen LogP contribution in [-0.2, 0) is 11.2 Å². The van der Waals surface area contributed by atoms with Gasteiger partial charge in [0.15, 0.2) is 23.3 Å². The first-order chi connectivity index (χ1) is 14.9. The van der Waals surface area contributed by atoms with Crippen molar-refractivity contribution in [3.8, 4) is 6.07 Å². The standard InChI is InChI=1S/C22H19F5N2O3/c1-22(2,3)32-21(31)29-13(9-11-7-5-4-6-8-11)20(30)12(10-28)14-15(23)17(25)19(27)18(26)16(14)24/h4-8,13,30H,9H2,1-3H3,(H,29,31)/b20-12-/t13-/m1/s1. The molecule has 2 N–H and O–H groups in total. The molecular formula is C22H19F5N2O3. The molecule has 0 aliphatic heterocycles. The van der Waals surface area contributed by atoms with Gasteiger partial charge < -0.3 is 15.2 Å². The number of amides is 1. The number of hydrogen-bond donors (Lipinski definition) is 2. The van der Waals surface area contributed by atoms with Gasteiger partial charge in [0.1, 0.15) is 23.0 Å². The van der Waals surface area contributed by atoms with Crippen LogP contribution in [0, 0.1) is 40.4 Å². The second-order valence-electron chi connectivity index (χ2n) is 7.71. The average molecular weight is 454 g/mol. The van der Waals surface area contributed by atoms with Gasteiger partial charge in [-0.05, 0) is 26.3 Å². The summed E-state index contributed by atoms with van der Waals surface area (Å²) in [5.41, 5.74) is -3.25. The lowest BCUT2D eigenvalue weighted by molar-refractivity contribution is 0.0502. The highest BCUT2D eigenvalue weighted by atomic mass is 19.2. The number of ether oxygens (including phenoxy) is 1. The second kappa shape index (κ2) is 9.68. The molecule has 0 saturated carbocycles. The molecule has 0 fully saturated rings. The van der Waals surface area contributed by atoms with E-state index in [0.29, 0.717) is 5.56 Å². The molecule has 0 aliphatic rings. The van der Waals surface area contributed by atoms with E-state index in [0.717, 1.165) is 0 Å². The first-order valence-electron chi connectivity index (χ1n) is 9.25. The van der Waals surface area contributed by atoms with Crippen LogP contribution in [0.1, 0.15) is 31.9 Å². The lowest BCUT2D eigenvalue weighted by atomic mass is 9.97. The number of benzene rings is 2. The van der Waals surface area contributed by atoms with Crippen molar-refractivity contribution in [2.45, 2.75) is 38.8 Å². The quantitative estimate of drug-likeness (QED) is 0.211. The number of nitriles is 1. The van der Waals surface area contributed by atoms with E-state index in [1.807, 2.05) is 0 Å². The van der Waals surface area contributed by atoms with Gasteiger partial charge in [-0.15, -0.1) is 0 Å². The molecule has 0 aliphatic carbocycles. The number of carbonyl (C=O) groups is 1. The smallest absolute Gasteiger partial charge is 0.408 e. The number of rotatable bonds is 5. The van der Waals surface area contributed by atoms with Crippen molar-refractivity contribution in [2.24, 2.45) is 0 Å². The van der Waals surface area contributed by atoms with Gasteiger partial charge in [0, 0.05) is 6.42 Å². The van der Waals surface area contributed by atoms with Crippen LogP contribution in [0.3, 0.4) is 0 Å². The summed E-state index contributed by atoms with van der Waals surface area (Å²) in [6.07, 6.45) is -1.23. The predicted molar refractivity (Wildman–Crippen MR) is 105 cm³/mol. The van der Waals surface area contributed by atoms with Gasteiger partial charge in [-0.3, -0.25) is 0 Å². The number of nitrogens with one attached hydrogen (secondary N) is 1. The Morgan fingerprint density at radius 3 is 2.00 bits per heavy atom. The lowest BCUT2D eigenvalue weighted by Gasteiger charge is -2.24. The van der Waals surface area contributed by atoms with E-state index >= 15 is 0 Å². The first kappa shape index (κ1) is 24.7. The first-order valence-corrected chi connectivity index (χ1v) is 9.25. The highest BCUT2D eigenvalue weighted by molar-refractivity contribution is 5.80. The van der Waals surface area contributed by atoms with Crippen molar-refractivity contribution in [1.29, 1.82) is 5.26 Å². The number of hydrogen-bond acceptors (Lipinski definition) is 4. The minimum Gasteiger partial charge on any atom is -0.509 e. The van der Waals surface area contributed by atoms with Gasteiger partial charge in [-0.1, -0.05) is 30.3 Å². The topological polar surface area (TPSA) is 82.3 Å². The van der Waals surface area contributed by atoms with Gasteiger partial charge in [-0.25, -0.2) is 26.7 Å². The molecule has 2 aromatic rings. The molecule has 2 aromatic carbocycles. The summed E-state index contributed by atoms with van der Waals surface area (Å²) in [6.45, 7) is 4.68. The van der Waals surface area contributed by atoms with Crippen LogP contribution in [-0.4, -0.2) is 22.8 Å². The van der Waals surface area contributed by atoms with Crippen molar-refractivity contribution in [3.05, 3.63) is 76.3 Å². The molecular weight excluding hydrogens is 435 g/mol. The van der Waals surface area contributed by atoms with Crippen LogP contribution in [0.25, 0.3) is 5.57 Å². The monoisotopic (exact) mass is 454 g/mol. The third kappa shape index (κ3) is 5.55. The molecule has 0 radical (unpaired) electrons. The number of alkyl carbamates (subject to hydrolysis) is 1. The molecule has 0 aromatic heterocycles. The number of halogens is 5. The fraction of sp³-hybridized carbons (Fsp3) is 0.273. The Bertz CT molecular complexity index is 1060. The zero-order valence-corrected chi connectivity index (χ0v) is 17.3. The lowest BCUT2D eigenvalue weighted by Crippen LogP contribution is -2.41. The molecule has 0 bridgehead atoms. The van der Waals surface area contributed by atoms with Crippen molar-refractivity contribution in [2.75, 3.05) is 0 Å². The Kier molecular flexibility index (Phi) is 7.46. The van der Waals surface area contributed by atoms with Crippen LogP contribution < -0.4 is 5.32 Å². The average Bonchev–Trinajstić information content (AvgIpc) is 2.72. The highest BCUT2D eigenvalue weighted by Gasteiger charge is 2.32. The van der Waals surface area contributed by atoms with Gasteiger partial charge >= 0.3 is 6.09 Å². The van der Waals surface area contributed by atoms with Crippen molar-refractivity contribution in [1.82, 2.24) is 5.32 Å². The summed E-state index contributed by atoms with van der Waals surface area (Å²) in [4.78, 5) is 12.2. The molecule has 10 heteroatoms. The van der Waals surface area contributed by atoms with E-state index in [-0.39, 0.29) is 6.42 Å². The van der Waals surface area contributed by atoms with E-state index in [1.54, 1.807) is 51.1 Å². The normalized spacial score (nSPS) is 13.1. The molecule has 0 spiro atoms. The number of aliphatic hydroxyl groups is 1. The molecule has 0 saturated heterocycles. The maximum absolute atomic E-state index is 14.2. The summed E-state index contributed by atoms with van der Waals surface area (Å²) in [5.74, 6) is -12.7. The molecule has 2 rings (SSSR count). The fourth-order valence-electron chi connectivity index (χ4n) is 2.76. The minimum atomic E-state index is -2.41. The number of aliphatic hydroxyl groups excluding tert-OH is 1. The van der Waals surface area contributed by atoms with E-state index in [4.69, 9.17) is 4.74 Å². The summed E-state index contributed by atoms with van der Waals surface area (Å²) < 4.78 is 74.2. The third-order valence-corrected chi connectivity index (χ3v) is 4.13. The number of carbonyl (C=O) groups excluding carboxylic acids is 1. The summed E-state index contributed by atoms with van der Waals surface area (Å²) in [6, 6.07) is 7.93. The Balaban J connectivity index is 2.62. The molecule has 170 valence electrons. The van der Waals surface area contributed by atoms with E-state index in [2.05, 4.69) is 5.32 Å². The van der Waals surface area contributed by atoms with Gasteiger partial charge in [0.25, 0.3) is 0 Å². The second-order valence-corrected chi connectivity index (χ2v) is 7.71. The van der Waals surface area contributed by atoms with Crippen LogP contribution in [0.5, 0.6) is 0 Å². The van der Waals surface area contributed by atoms with Crippen LogP contribution in [0.15, 0.2) is 36.1 Å². The van der Waals surface area contributed by atoms with Gasteiger partial charge in [-0.2, -0.15) is 5.26 Å². The van der Waals surface area contributed by atoms with Crippen molar-refractivity contribution < 1.29 is 36.6 Å². The minimum absolute atomic E-state index is 0.188. The maximum Gasteiger partial charge on any atom is 0.408 e. The molecule has 1 amide bonds. The van der Waals surface area contributed by atoms with Crippen molar-refractivity contribution >= 4 is 11.7 Å². The third-order valence-electron chi connectivity index (χ3n) is 4.13. The zero-order chi connectivity index (χ0) is 24.2. The molecule has 0 unspecified atom stereocenters. The Morgan fingerprint density at radius 2 is 1.53 bits per heavy atom.